The van der Waals surface area contributed by atoms with Crippen LogP contribution in [0.1, 0.15) is 65.7 Å². The summed E-state index contributed by atoms with van der Waals surface area (Å²) in [4.78, 5) is 2.66. The summed E-state index contributed by atoms with van der Waals surface area (Å²) < 4.78 is 0. The van der Waals surface area contributed by atoms with Crippen LogP contribution in [0.15, 0.2) is 0 Å². The van der Waals surface area contributed by atoms with Gasteiger partial charge in [0.05, 0.1) is 0 Å². The van der Waals surface area contributed by atoms with Crippen molar-refractivity contribution >= 4 is 0 Å². The molecule has 0 aromatic carbocycles. The normalized spacial score (nSPS) is 31.4. The first-order chi connectivity index (χ1) is 9.02. The van der Waals surface area contributed by atoms with Gasteiger partial charge in [-0.15, -0.1) is 0 Å². The lowest BCUT2D eigenvalue weighted by Crippen LogP contribution is -2.45. The zero-order valence-corrected chi connectivity index (χ0v) is 13.5. The van der Waals surface area contributed by atoms with Crippen molar-refractivity contribution in [3.63, 3.8) is 0 Å². The number of hydrogen-bond acceptors (Lipinski definition) is 2. The molecule has 0 spiro atoms. The topological polar surface area (TPSA) is 15.3 Å². The van der Waals surface area contributed by atoms with E-state index in [0.29, 0.717) is 5.41 Å². The van der Waals surface area contributed by atoms with E-state index in [2.05, 4.69) is 38.0 Å². The van der Waals surface area contributed by atoms with Gasteiger partial charge in [0.15, 0.2) is 0 Å². The highest BCUT2D eigenvalue weighted by atomic mass is 15.1. The second-order valence-electron chi connectivity index (χ2n) is 7.65. The molecule has 1 atom stereocenters. The van der Waals surface area contributed by atoms with Gasteiger partial charge >= 0.3 is 0 Å². The molecular weight excluding hydrogens is 232 g/mol. The molecule has 0 aromatic heterocycles. The van der Waals surface area contributed by atoms with E-state index in [-0.39, 0.29) is 0 Å². The van der Waals surface area contributed by atoms with Crippen LogP contribution in [-0.2, 0) is 0 Å². The summed E-state index contributed by atoms with van der Waals surface area (Å²) in [5.74, 6) is 0.957. The van der Waals surface area contributed by atoms with Crippen LogP contribution in [0.2, 0.25) is 0 Å². The van der Waals surface area contributed by atoms with E-state index in [9.17, 15) is 0 Å². The number of rotatable bonds is 7. The summed E-state index contributed by atoms with van der Waals surface area (Å²) in [6.07, 6.45) is 9.75. The first kappa shape index (κ1) is 15.3. The Morgan fingerprint density at radius 3 is 2.26 bits per heavy atom. The van der Waals surface area contributed by atoms with Gasteiger partial charge in [-0.1, -0.05) is 20.8 Å². The summed E-state index contributed by atoms with van der Waals surface area (Å²) in [5.41, 5.74) is 0.445. The maximum atomic E-state index is 3.74. The van der Waals surface area contributed by atoms with Gasteiger partial charge in [-0.3, -0.25) is 0 Å². The van der Waals surface area contributed by atoms with E-state index >= 15 is 0 Å². The van der Waals surface area contributed by atoms with Crippen molar-refractivity contribution in [2.75, 3.05) is 20.1 Å². The van der Waals surface area contributed by atoms with E-state index in [4.69, 9.17) is 0 Å². The fraction of sp³-hybridized carbons (Fsp3) is 1.00. The average molecular weight is 266 g/mol. The molecular formula is C17H34N2. The minimum atomic E-state index is 0.445. The molecule has 0 aliphatic heterocycles. The molecule has 2 aliphatic rings. The lowest BCUT2D eigenvalue weighted by Gasteiger charge is -2.39. The predicted octanol–water partition coefficient (Wildman–Crippen LogP) is 3.67. The number of nitrogens with one attached hydrogen (secondary N) is 1. The Balaban J connectivity index is 1.78. The average Bonchev–Trinajstić information content (AvgIpc) is 3.21. The summed E-state index contributed by atoms with van der Waals surface area (Å²) in [6.45, 7) is 9.67. The summed E-state index contributed by atoms with van der Waals surface area (Å²) in [7, 11) is 2.35. The minimum absolute atomic E-state index is 0.445. The maximum Gasteiger partial charge on any atom is 0.00926 e. The molecule has 0 heterocycles. The third-order valence-electron chi connectivity index (χ3n) is 5.49. The lowest BCUT2D eigenvalue weighted by atomic mass is 9.83. The molecule has 2 heteroatoms. The van der Waals surface area contributed by atoms with Crippen LogP contribution in [0.5, 0.6) is 0 Å². The highest BCUT2D eigenvalue weighted by Crippen LogP contribution is 2.30. The van der Waals surface area contributed by atoms with E-state index in [1.54, 1.807) is 0 Å². The standard InChI is InChI=1S/C17H34N2/c1-5-17(3,12-18-15-8-9-15)13-19(4)16-10-6-14(2)7-11-16/h14-16,18H,5-13H2,1-4H3. The molecule has 2 rings (SSSR count). The molecule has 0 saturated heterocycles. The molecule has 0 amide bonds. The molecule has 112 valence electrons. The summed E-state index contributed by atoms with van der Waals surface area (Å²) in [6, 6.07) is 1.68. The fourth-order valence-corrected chi connectivity index (χ4v) is 3.39. The number of nitrogens with zero attached hydrogens (tertiary/aromatic N) is 1. The zero-order chi connectivity index (χ0) is 13.9. The van der Waals surface area contributed by atoms with Crippen molar-refractivity contribution in [1.29, 1.82) is 0 Å². The van der Waals surface area contributed by atoms with Crippen LogP contribution in [0, 0.1) is 11.3 Å². The first-order valence-corrected chi connectivity index (χ1v) is 8.46. The Morgan fingerprint density at radius 1 is 1.11 bits per heavy atom. The van der Waals surface area contributed by atoms with Gasteiger partial charge in [0.25, 0.3) is 0 Å². The molecule has 0 radical (unpaired) electrons. The SMILES string of the molecule is CCC(C)(CNC1CC1)CN(C)C1CCC(C)CC1. The first-order valence-electron chi connectivity index (χ1n) is 8.46. The van der Waals surface area contributed by atoms with Crippen LogP contribution < -0.4 is 5.32 Å². The molecule has 2 nitrogen and oxygen atoms in total. The molecule has 0 aromatic rings. The highest BCUT2D eigenvalue weighted by Gasteiger charge is 2.31. The molecule has 19 heavy (non-hydrogen) atoms. The van der Waals surface area contributed by atoms with Gasteiger partial charge in [-0.2, -0.15) is 0 Å². The Morgan fingerprint density at radius 2 is 1.74 bits per heavy atom. The van der Waals surface area contributed by atoms with E-state index in [0.717, 1.165) is 18.0 Å². The van der Waals surface area contributed by atoms with Crippen LogP contribution in [-0.4, -0.2) is 37.1 Å². The molecule has 0 bridgehead atoms. The number of hydrogen-bond donors (Lipinski definition) is 1. The molecule has 1 N–H and O–H groups in total. The predicted molar refractivity (Wildman–Crippen MR) is 83.5 cm³/mol. The lowest BCUT2D eigenvalue weighted by molar-refractivity contribution is 0.108. The van der Waals surface area contributed by atoms with Gasteiger partial charge < -0.3 is 10.2 Å². The molecule has 2 saturated carbocycles. The molecule has 2 fully saturated rings. The van der Waals surface area contributed by atoms with Crippen molar-refractivity contribution in [3.8, 4) is 0 Å². The van der Waals surface area contributed by atoms with Crippen molar-refractivity contribution < 1.29 is 0 Å². The van der Waals surface area contributed by atoms with Crippen LogP contribution in [0.25, 0.3) is 0 Å². The Hall–Kier alpha value is -0.0800. The quantitative estimate of drug-likeness (QED) is 0.756. The van der Waals surface area contributed by atoms with Gasteiger partial charge in [0, 0.05) is 25.2 Å². The van der Waals surface area contributed by atoms with Crippen molar-refractivity contribution in [1.82, 2.24) is 10.2 Å². The molecule has 2 aliphatic carbocycles. The van der Waals surface area contributed by atoms with Gasteiger partial charge in [-0.05, 0) is 63.3 Å². The van der Waals surface area contributed by atoms with Crippen LogP contribution in [0.4, 0.5) is 0 Å². The summed E-state index contributed by atoms with van der Waals surface area (Å²) >= 11 is 0. The van der Waals surface area contributed by atoms with Gasteiger partial charge in [-0.25, -0.2) is 0 Å². The second-order valence-corrected chi connectivity index (χ2v) is 7.65. The largest absolute Gasteiger partial charge is 0.313 e. The third kappa shape index (κ3) is 4.75. The van der Waals surface area contributed by atoms with E-state index < -0.39 is 0 Å². The van der Waals surface area contributed by atoms with Crippen molar-refractivity contribution in [3.05, 3.63) is 0 Å². The fourth-order valence-electron chi connectivity index (χ4n) is 3.39. The Labute approximate surface area is 120 Å². The third-order valence-corrected chi connectivity index (χ3v) is 5.49. The van der Waals surface area contributed by atoms with E-state index in [1.807, 2.05) is 0 Å². The van der Waals surface area contributed by atoms with Crippen molar-refractivity contribution in [2.45, 2.75) is 77.8 Å². The minimum Gasteiger partial charge on any atom is -0.313 e. The smallest absolute Gasteiger partial charge is 0.00926 e. The van der Waals surface area contributed by atoms with E-state index in [1.165, 1.54) is 58.0 Å². The van der Waals surface area contributed by atoms with Gasteiger partial charge in [0.1, 0.15) is 0 Å². The maximum absolute atomic E-state index is 3.74. The Kier molecular flexibility index (Phi) is 5.30. The molecule has 1 unspecified atom stereocenters. The zero-order valence-electron chi connectivity index (χ0n) is 13.5. The highest BCUT2D eigenvalue weighted by molar-refractivity contribution is 4.88. The summed E-state index contributed by atoms with van der Waals surface area (Å²) in [5, 5.41) is 3.74. The monoisotopic (exact) mass is 266 g/mol. The van der Waals surface area contributed by atoms with Crippen LogP contribution >= 0.6 is 0 Å². The second kappa shape index (κ2) is 6.58. The Bertz CT molecular complexity index is 266. The van der Waals surface area contributed by atoms with Crippen LogP contribution in [0.3, 0.4) is 0 Å². The van der Waals surface area contributed by atoms with Crippen molar-refractivity contribution in [2.24, 2.45) is 11.3 Å². The van der Waals surface area contributed by atoms with Gasteiger partial charge in [0.2, 0.25) is 0 Å².